The quantitative estimate of drug-likeness (QED) is 0.502. The molecule has 6 nitrogen and oxygen atoms in total. The smallest absolute Gasteiger partial charge is 0.266 e. The number of ether oxygens (including phenoxy) is 2. The zero-order valence-corrected chi connectivity index (χ0v) is 17.9. The van der Waals surface area contributed by atoms with Gasteiger partial charge < -0.3 is 14.4 Å². The van der Waals surface area contributed by atoms with E-state index in [1.54, 1.807) is 4.90 Å². The van der Waals surface area contributed by atoms with E-state index in [-0.39, 0.29) is 12.5 Å². The molecule has 0 radical (unpaired) electrons. The number of para-hydroxylation sites is 1. The summed E-state index contributed by atoms with van der Waals surface area (Å²) in [6, 6.07) is 15.2. The monoisotopic (exact) mass is 413 g/mol. The third-order valence-electron chi connectivity index (χ3n) is 4.28. The number of benzene rings is 2. The molecule has 1 aromatic heterocycles. The summed E-state index contributed by atoms with van der Waals surface area (Å²) in [5.74, 6) is 1.39. The molecule has 2 aromatic carbocycles. The summed E-state index contributed by atoms with van der Waals surface area (Å²) in [5, 5.41) is 0.689. The van der Waals surface area contributed by atoms with E-state index in [2.05, 4.69) is 9.88 Å². The van der Waals surface area contributed by atoms with Gasteiger partial charge in [-0.1, -0.05) is 29.5 Å². The molecule has 0 unspecified atom stereocenters. The van der Waals surface area contributed by atoms with Gasteiger partial charge in [0.1, 0.15) is 11.5 Å². The number of carbonyl (C=O) groups excluding carboxylic acids is 1. The number of rotatable bonds is 10. The van der Waals surface area contributed by atoms with Crippen LogP contribution in [0.2, 0.25) is 0 Å². The third kappa shape index (κ3) is 5.92. The van der Waals surface area contributed by atoms with E-state index in [4.69, 9.17) is 9.47 Å². The summed E-state index contributed by atoms with van der Waals surface area (Å²) in [7, 11) is 4.05. The van der Waals surface area contributed by atoms with Gasteiger partial charge in [0.25, 0.3) is 5.91 Å². The molecule has 29 heavy (non-hydrogen) atoms. The zero-order chi connectivity index (χ0) is 20.6. The second kappa shape index (κ2) is 10.2. The highest BCUT2D eigenvalue weighted by atomic mass is 32.1. The minimum Gasteiger partial charge on any atom is -0.494 e. The molecule has 154 valence electrons. The number of anilines is 1. The van der Waals surface area contributed by atoms with E-state index < -0.39 is 0 Å². The number of thiazole rings is 1. The molecule has 0 aliphatic heterocycles. The van der Waals surface area contributed by atoms with Crippen molar-refractivity contribution in [3.63, 3.8) is 0 Å². The van der Waals surface area contributed by atoms with Crippen molar-refractivity contribution in [1.29, 1.82) is 0 Å². The summed E-state index contributed by atoms with van der Waals surface area (Å²) < 4.78 is 12.3. The molecule has 1 amide bonds. The number of hydrogen-bond donors (Lipinski definition) is 0. The van der Waals surface area contributed by atoms with Crippen LogP contribution in [-0.4, -0.2) is 56.2 Å². The first kappa shape index (κ1) is 21.1. The van der Waals surface area contributed by atoms with Gasteiger partial charge in [-0.25, -0.2) is 4.98 Å². The van der Waals surface area contributed by atoms with Crippen molar-refractivity contribution in [3.8, 4) is 11.5 Å². The Morgan fingerprint density at radius 2 is 1.83 bits per heavy atom. The van der Waals surface area contributed by atoms with Gasteiger partial charge in [0.05, 0.1) is 16.8 Å². The van der Waals surface area contributed by atoms with Gasteiger partial charge in [-0.2, -0.15) is 0 Å². The number of hydrogen-bond acceptors (Lipinski definition) is 6. The Bertz CT molecular complexity index is 927. The molecule has 0 saturated carbocycles. The SMILES string of the molecule is CCOc1ccc2nc(N(CCCN(C)C)C(=O)COc3ccccc3)sc2c1. The van der Waals surface area contributed by atoms with Crippen LogP contribution in [0.1, 0.15) is 13.3 Å². The lowest BCUT2D eigenvalue weighted by Gasteiger charge is -2.21. The summed E-state index contributed by atoms with van der Waals surface area (Å²) in [5.41, 5.74) is 0.864. The first-order valence-electron chi connectivity index (χ1n) is 9.73. The van der Waals surface area contributed by atoms with Crippen LogP contribution in [0.25, 0.3) is 10.2 Å². The highest BCUT2D eigenvalue weighted by Crippen LogP contribution is 2.31. The topological polar surface area (TPSA) is 54.9 Å². The van der Waals surface area contributed by atoms with Crippen molar-refractivity contribution in [1.82, 2.24) is 9.88 Å². The van der Waals surface area contributed by atoms with Crippen LogP contribution in [0.15, 0.2) is 48.5 Å². The molecule has 3 rings (SSSR count). The van der Waals surface area contributed by atoms with Crippen molar-refractivity contribution < 1.29 is 14.3 Å². The maximum Gasteiger partial charge on any atom is 0.266 e. The minimum atomic E-state index is -0.100. The molecular weight excluding hydrogens is 386 g/mol. The molecule has 0 bridgehead atoms. The molecule has 1 heterocycles. The van der Waals surface area contributed by atoms with Crippen molar-refractivity contribution in [3.05, 3.63) is 48.5 Å². The van der Waals surface area contributed by atoms with Crippen molar-refractivity contribution in [2.24, 2.45) is 0 Å². The molecular formula is C22H27N3O3S. The predicted molar refractivity (Wildman–Crippen MR) is 118 cm³/mol. The molecule has 0 saturated heterocycles. The predicted octanol–water partition coefficient (Wildman–Crippen LogP) is 4.06. The maximum atomic E-state index is 13.0. The Morgan fingerprint density at radius 3 is 2.55 bits per heavy atom. The van der Waals surface area contributed by atoms with E-state index in [9.17, 15) is 4.79 Å². The maximum absolute atomic E-state index is 13.0. The zero-order valence-electron chi connectivity index (χ0n) is 17.1. The highest BCUT2D eigenvalue weighted by Gasteiger charge is 2.20. The number of aromatic nitrogens is 1. The number of fused-ring (bicyclic) bond motifs is 1. The number of carbonyl (C=O) groups is 1. The molecule has 0 fully saturated rings. The average molecular weight is 414 g/mol. The minimum absolute atomic E-state index is 0.0217. The van der Waals surface area contributed by atoms with E-state index in [1.807, 2.05) is 69.6 Å². The molecule has 0 aliphatic carbocycles. The largest absolute Gasteiger partial charge is 0.494 e. The first-order chi connectivity index (χ1) is 14.1. The molecule has 3 aromatic rings. The Hall–Kier alpha value is -2.64. The fraction of sp³-hybridized carbons (Fsp3) is 0.364. The second-order valence-corrected chi connectivity index (χ2v) is 7.87. The summed E-state index contributed by atoms with van der Waals surface area (Å²) in [4.78, 5) is 21.5. The van der Waals surface area contributed by atoms with Crippen molar-refractivity contribution >= 4 is 32.6 Å². The lowest BCUT2D eigenvalue weighted by atomic mass is 10.3. The van der Waals surface area contributed by atoms with E-state index in [1.165, 1.54) is 11.3 Å². The van der Waals surface area contributed by atoms with Gasteiger partial charge >= 0.3 is 0 Å². The van der Waals surface area contributed by atoms with Gasteiger partial charge in [0.2, 0.25) is 0 Å². The Labute approximate surface area is 175 Å². The van der Waals surface area contributed by atoms with E-state index in [0.717, 1.165) is 28.9 Å². The molecule has 0 spiro atoms. The molecule has 0 N–H and O–H groups in total. The van der Waals surface area contributed by atoms with Crippen LogP contribution in [-0.2, 0) is 4.79 Å². The fourth-order valence-corrected chi connectivity index (χ4v) is 3.91. The van der Waals surface area contributed by atoms with E-state index in [0.29, 0.717) is 24.0 Å². The van der Waals surface area contributed by atoms with Crippen LogP contribution < -0.4 is 14.4 Å². The van der Waals surface area contributed by atoms with Crippen LogP contribution in [0.3, 0.4) is 0 Å². The first-order valence-corrected chi connectivity index (χ1v) is 10.5. The summed E-state index contributed by atoms with van der Waals surface area (Å²) in [6.45, 7) is 4.03. The number of nitrogens with zero attached hydrogens (tertiary/aromatic N) is 3. The summed E-state index contributed by atoms with van der Waals surface area (Å²) >= 11 is 1.50. The second-order valence-electron chi connectivity index (χ2n) is 6.86. The normalized spacial score (nSPS) is 11.0. The highest BCUT2D eigenvalue weighted by molar-refractivity contribution is 7.22. The van der Waals surface area contributed by atoms with Crippen molar-refractivity contribution in [2.45, 2.75) is 13.3 Å². The van der Waals surface area contributed by atoms with Crippen LogP contribution in [0.5, 0.6) is 11.5 Å². The standard InChI is InChI=1S/C22H27N3O3S/c1-4-27-18-11-12-19-20(15-18)29-22(23-19)25(14-8-13-24(2)3)21(26)16-28-17-9-6-5-7-10-17/h5-7,9-12,15H,4,8,13-14,16H2,1-3H3. The van der Waals surface area contributed by atoms with Gasteiger partial charge in [0.15, 0.2) is 11.7 Å². The van der Waals surface area contributed by atoms with Gasteiger partial charge in [-0.15, -0.1) is 0 Å². The average Bonchev–Trinajstić information content (AvgIpc) is 3.13. The van der Waals surface area contributed by atoms with Gasteiger partial charge in [-0.05, 0) is 64.3 Å². The number of amides is 1. The lowest BCUT2D eigenvalue weighted by Crippen LogP contribution is -2.36. The van der Waals surface area contributed by atoms with Crippen molar-refractivity contribution in [2.75, 3.05) is 45.3 Å². The molecule has 0 aliphatic rings. The van der Waals surface area contributed by atoms with Gasteiger partial charge in [-0.3, -0.25) is 9.69 Å². The van der Waals surface area contributed by atoms with Crippen LogP contribution >= 0.6 is 11.3 Å². The summed E-state index contributed by atoms with van der Waals surface area (Å²) in [6.07, 6.45) is 0.851. The van der Waals surface area contributed by atoms with Crippen LogP contribution in [0.4, 0.5) is 5.13 Å². The lowest BCUT2D eigenvalue weighted by molar-refractivity contribution is -0.120. The molecule has 7 heteroatoms. The Balaban J connectivity index is 1.78. The third-order valence-corrected chi connectivity index (χ3v) is 5.33. The van der Waals surface area contributed by atoms with Gasteiger partial charge in [0, 0.05) is 6.54 Å². The van der Waals surface area contributed by atoms with Crippen LogP contribution in [0, 0.1) is 0 Å². The fourth-order valence-electron chi connectivity index (χ4n) is 2.88. The van der Waals surface area contributed by atoms with E-state index >= 15 is 0 Å². The Morgan fingerprint density at radius 1 is 1.03 bits per heavy atom. The Kier molecular flexibility index (Phi) is 7.43. The molecule has 0 atom stereocenters.